The van der Waals surface area contributed by atoms with Crippen LogP contribution in [0.2, 0.25) is 0 Å². The molecule has 0 radical (unpaired) electrons. The van der Waals surface area contributed by atoms with Crippen molar-refractivity contribution in [1.29, 1.82) is 0 Å². The highest BCUT2D eigenvalue weighted by molar-refractivity contribution is 7.88. The number of urea groups is 1. The van der Waals surface area contributed by atoms with Crippen LogP contribution in [0.15, 0.2) is 0 Å². The standard InChI is InChI=1S/C13H26N4O3S/c1-3-15-8-10-16(11-9-15)13(18)14-12-4-6-17(7-5-12)21(2,19)20/h12H,3-11H2,1-2H3,(H,14,18). The van der Waals surface area contributed by atoms with Gasteiger partial charge < -0.3 is 15.1 Å². The maximum atomic E-state index is 12.2. The van der Waals surface area contributed by atoms with Crippen LogP contribution in [-0.4, -0.2) is 86.7 Å². The fourth-order valence-electron chi connectivity index (χ4n) is 2.86. The molecule has 0 unspecified atom stereocenters. The quantitative estimate of drug-likeness (QED) is 0.779. The molecule has 2 saturated heterocycles. The van der Waals surface area contributed by atoms with E-state index in [9.17, 15) is 13.2 Å². The van der Waals surface area contributed by atoms with Crippen LogP contribution >= 0.6 is 0 Å². The molecule has 0 spiro atoms. The van der Waals surface area contributed by atoms with Gasteiger partial charge in [0.05, 0.1) is 6.26 Å². The van der Waals surface area contributed by atoms with Crippen molar-refractivity contribution in [1.82, 2.24) is 19.4 Å². The largest absolute Gasteiger partial charge is 0.335 e. The number of hydrogen-bond acceptors (Lipinski definition) is 4. The topological polar surface area (TPSA) is 73.0 Å². The van der Waals surface area contributed by atoms with Gasteiger partial charge in [0, 0.05) is 45.3 Å². The van der Waals surface area contributed by atoms with E-state index < -0.39 is 10.0 Å². The first-order valence-electron chi connectivity index (χ1n) is 7.63. The van der Waals surface area contributed by atoms with Crippen LogP contribution in [0.25, 0.3) is 0 Å². The van der Waals surface area contributed by atoms with E-state index in [0.29, 0.717) is 25.9 Å². The molecule has 0 atom stereocenters. The summed E-state index contributed by atoms with van der Waals surface area (Å²) in [5, 5.41) is 3.04. The molecule has 2 amide bonds. The summed E-state index contributed by atoms with van der Waals surface area (Å²) in [5.74, 6) is 0. The minimum atomic E-state index is -3.10. The number of likely N-dealkylation sites (N-methyl/N-ethyl adjacent to an activating group) is 1. The second-order valence-electron chi connectivity index (χ2n) is 5.81. The summed E-state index contributed by atoms with van der Waals surface area (Å²) in [7, 11) is -3.10. The van der Waals surface area contributed by atoms with Crippen molar-refractivity contribution in [3.8, 4) is 0 Å². The number of sulfonamides is 1. The van der Waals surface area contributed by atoms with Gasteiger partial charge >= 0.3 is 6.03 Å². The second kappa shape index (κ2) is 6.93. The molecule has 0 aromatic heterocycles. The highest BCUT2D eigenvalue weighted by Gasteiger charge is 2.27. The van der Waals surface area contributed by atoms with Gasteiger partial charge in [0.1, 0.15) is 0 Å². The smallest absolute Gasteiger partial charge is 0.317 e. The average Bonchev–Trinajstić information content (AvgIpc) is 2.47. The van der Waals surface area contributed by atoms with E-state index >= 15 is 0 Å². The summed E-state index contributed by atoms with van der Waals surface area (Å²) >= 11 is 0. The zero-order valence-corrected chi connectivity index (χ0v) is 13.7. The maximum absolute atomic E-state index is 12.2. The first-order valence-corrected chi connectivity index (χ1v) is 9.48. The van der Waals surface area contributed by atoms with Crippen molar-refractivity contribution >= 4 is 16.1 Å². The molecule has 0 saturated carbocycles. The van der Waals surface area contributed by atoms with Gasteiger partial charge in [0.25, 0.3) is 0 Å². The Morgan fingerprint density at radius 1 is 1.10 bits per heavy atom. The number of amides is 2. The lowest BCUT2D eigenvalue weighted by Crippen LogP contribution is -2.55. The molecule has 2 aliphatic heterocycles. The number of hydrogen-bond donors (Lipinski definition) is 1. The van der Waals surface area contributed by atoms with E-state index in [1.165, 1.54) is 10.6 Å². The minimum Gasteiger partial charge on any atom is -0.335 e. The molecule has 0 aliphatic carbocycles. The Morgan fingerprint density at radius 3 is 2.14 bits per heavy atom. The third-order valence-electron chi connectivity index (χ3n) is 4.36. The number of carbonyl (C=O) groups is 1. The molecule has 21 heavy (non-hydrogen) atoms. The number of carbonyl (C=O) groups excluding carboxylic acids is 1. The summed E-state index contributed by atoms with van der Waals surface area (Å²) in [6.07, 6.45) is 2.61. The Morgan fingerprint density at radius 2 is 1.67 bits per heavy atom. The lowest BCUT2D eigenvalue weighted by atomic mass is 10.1. The third kappa shape index (κ3) is 4.55. The van der Waals surface area contributed by atoms with Gasteiger partial charge in [-0.25, -0.2) is 17.5 Å². The van der Waals surface area contributed by atoms with Crippen LogP contribution in [0.4, 0.5) is 4.79 Å². The molecule has 2 aliphatic rings. The maximum Gasteiger partial charge on any atom is 0.317 e. The molecule has 122 valence electrons. The SMILES string of the molecule is CCN1CCN(C(=O)NC2CCN(S(C)(=O)=O)CC2)CC1. The van der Waals surface area contributed by atoms with Crippen molar-refractivity contribution in [2.75, 3.05) is 52.1 Å². The van der Waals surface area contributed by atoms with Crippen molar-refractivity contribution in [3.05, 3.63) is 0 Å². The predicted octanol–water partition coefficient (Wildman–Crippen LogP) is -0.242. The van der Waals surface area contributed by atoms with E-state index in [-0.39, 0.29) is 12.1 Å². The average molecular weight is 318 g/mol. The molecule has 2 heterocycles. The Bertz CT molecular complexity index is 452. The number of piperazine rings is 1. The molecule has 0 bridgehead atoms. The lowest BCUT2D eigenvalue weighted by Gasteiger charge is -2.36. The number of piperidine rings is 1. The number of nitrogens with zero attached hydrogens (tertiary/aromatic N) is 3. The molecular formula is C13H26N4O3S. The Balaban J connectivity index is 1.75. The van der Waals surface area contributed by atoms with Crippen LogP contribution < -0.4 is 5.32 Å². The Labute approximate surface area is 127 Å². The van der Waals surface area contributed by atoms with Crippen LogP contribution in [0, 0.1) is 0 Å². The second-order valence-corrected chi connectivity index (χ2v) is 7.79. The highest BCUT2D eigenvalue weighted by atomic mass is 32.2. The lowest BCUT2D eigenvalue weighted by molar-refractivity contribution is 0.138. The third-order valence-corrected chi connectivity index (χ3v) is 5.66. The van der Waals surface area contributed by atoms with Crippen molar-refractivity contribution < 1.29 is 13.2 Å². The monoisotopic (exact) mass is 318 g/mol. The minimum absolute atomic E-state index is 0.0106. The molecule has 2 fully saturated rings. The molecule has 0 aromatic carbocycles. The van der Waals surface area contributed by atoms with Crippen LogP contribution in [0.3, 0.4) is 0 Å². The highest BCUT2D eigenvalue weighted by Crippen LogP contribution is 2.13. The first kappa shape index (κ1) is 16.5. The Hall–Kier alpha value is -0.860. The fraction of sp³-hybridized carbons (Fsp3) is 0.923. The van der Waals surface area contributed by atoms with Crippen molar-refractivity contribution in [2.45, 2.75) is 25.8 Å². The van der Waals surface area contributed by atoms with Crippen LogP contribution in [-0.2, 0) is 10.0 Å². The molecular weight excluding hydrogens is 292 g/mol. The number of nitrogens with one attached hydrogen (secondary N) is 1. The van der Waals surface area contributed by atoms with E-state index in [1.807, 2.05) is 4.90 Å². The zero-order chi connectivity index (χ0) is 15.5. The normalized spacial score (nSPS) is 23.2. The number of rotatable bonds is 3. The summed E-state index contributed by atoms with van der Waals surface area (Å²) in [5.41, 5.74) is 0. The van der Waals surface area contributed by atoms with Crippen LogP contribution in [0.1, 0.15) is 19.8 Å². The Kier molecular flexibility index (Phi) is 5.45. The van der Waals surface area contributed by atoms with Gasteiger partial charge in [-0.1, -0.05) is 6.92 Å². The molecule has 1 N–H and O–H groups in total. The van der Waals surface area contributed by atoms with E-state index in [1.54, 1.807) is 0 Å². The zero-order valence-electron chi connectivity index (χ0n) is 12.9. The van der Waals surface area contributed by atoms with E-state index in [0.717, 1.165) is 32.7 Å². The fourth-order valence-corrected chi connectivity index (χ4v) is 3.74. The summed E-state index contributed by atoms with van der Waals surface area (Å²) in [4.78, 5) is 16.4. The first-order chi connectivity index (χ1) is 9.90. The van der Waals surface area contributed by atoms with E-state index in [2.05, 4.69) is 17.1 Å². The van der Waals surface area contributed by atoms with Gasteiger partial charge in [-0.15, -0.1) is 0 Å². The molecule has 0 aromatic rings. The van der Waals surface area contributed by atoms with Crippen molar-refractivity contribution in [3.63, 3.8) is 0 Å². The predicted molar refractivity (Wildman–Crippen MR) is 81.7 cm³/mol. The molecule has 8 heteroatoms. The molecule has 7 nitrogen and oxygen atoms in total. The van der Waals surface area contributed by atoms with Crippen LogP contribution in [0.5, 0.6) is 0 Å². The van der Waals surface area contributed by atoms with Gasteiger partial charge in [0.15, 0.2) is 0 Å². The summed E-state index contributed by atoms with van der Waals surface area (Å²) < 4.78 is 24.4. The van der Waals surface area contributed by atoms with Gasteiger partial charge in [-0.05, 0) is 19.4 Å². The van der Waals surface area contributed by atoms with Gasteiger partial charge in [-0.2, -0.15) is 0 Å². The summed E-state index contributed by atoms with van der Waals surface area (Å²) in [6, 6.07) is 0.0725. The summed E-state index contributed by atoms with van der Waals surface area (Å²) in [6.45, 7) is 7.53. The van der Waals surface area contributed by atoms with E-state index in [4.69, 9.17) is 0 Å². The van der Waals surface area contributed by atoms with Gasteiger partial charge in [-0.3, -0.25) is 0 Å². The van der Waals surface area contributed by atoms with Gasteiger partial charge in [0.2, 0.25) is 10.0 Å². The van der Waals surface area contributed by atoms with Crippen molar-refractivity contribution in [2.24, 2.45) is 0 Å². The molecule has 2 rings (SSSR count).